The smallest absolute Gasteiger partial charge is 0.338 e. The summed E-state index contributed by atoms with van der Waals surface area (Å²) in [6.45, 7) is 0. The van der Waals surface area contributed by atoms with E-state index in [0.29, 0.717) is 12.0 Å². The lowest BCUT2D eigenvalue weighted by Gasteiger charge is -2.35. The molecule has 0 aromatic heterocycles. The summed E-state index contributed by atoms with van der Waals surface area (Å²) in [5.74, 6) is 2.40. The zero-order valence-electron chi connectivity index (χ0n) is 10.5. The molecule has 0 amide bonds. The molecular formula is C16H18O2. The standard InChI is InChI=1S/C16H18O2/c1-2-11-16(12-7-4-8-13-16)18-15(17)14-9-5-3-6-10-14/h1,3,5-6,9-10H,4,7-8,11-13H2. The average molecular weight is 242 g/mol. The van der Waals surface area contributed by atoms with Gasteiger partial charge in [-0.3, -0.25) is 0 Å². The summed E-state index contributed by atoms with van der Waals surface area (Å²) >= 11 is 0. The van der Waals surface area contributed by atoms with Crippen molar-refractivity contribution in [3.05, 3.63) is 35.9 Å². The number of hydrogen-bond acceptors (Lipinski definition) is 2. The third-order valence-electron chi connectivity index (χ3n) is 3.51. The van der Waals surface area contributed by atoms with E-state index in [4.69, 9.17) is 11.2 Å². The van der Waals surface area contributed by atoms with Crippen LogP contribution in [-0.2, 0) is 4.74 Å². The monoisotopic (exact) mass is 242 g/mol. The highest BCUT2D eigenvalue weighted by Gasteiger charge is 2.35. The SMILES string of the molecule is C#CCC1(OC(=O)c2ccccc2)CCCCC1. The number of esters is 1. The molecule has 18 heavy (non-hydrogen) atoms. The van der Waals surface area contributed by atoms with Crippen molar-refractivity contribution >= 4 is 5.97 Å². The predicted molar refractivity (Wildman–Crippen MR) is 71.1 cm³/mol. The summed E-state index contributed by atoms with van der Waals surface area (Å²) < 4.78 is 5.72. The first-order valence-corrected chi connectivity index (χ1v) is 6.48. The van der Waals surface area contributed by atoms with Crippen LogP contribution >= 0.6 is 0 Å². The van der Waals surface area contributed by atoms with Crippen LogP contribution in [0.2, 0.25) is 0 Å². The third-order valence-corrected chi connectivity index (χ3v) is 3.51. The lowest BCUT2D eigenvalue weighted by molar-refractivity contribution is -0.0347. The number of carbonyl (C=O) groups excluding carboxylic acids is 1. The van der Waals surface area contributed by atoms with Gasteiger partial charge in [-0.05, 0) is 37.8 Å². The van der Waals surface area contributed by atoms with E-state index >= 15 is 0 Å². The molecule has 1 saturated carbocycles. The van der Waals surface area contributed by atoms with Gasteiger partial charge >= 0.3 is 5.97 Å². The zero-order valence-corrected chi connectivity index (χ0v) is 10.5. The second kappa shape index (κ2) is 5.73. The third kappa shape index (κ3) is 2.92. The van der Waals surface area contributed by atoms with E-state index in [9.17, 15) is 4.79 Å². The van der Waals surface area contributed by atoms with Gasteiger partial charge in [-0.1, -0.05) is 24.6 Å². The lowest BCUT2D eigenvalue weighted by Crippen LogP contribution is -2.37. The molecule has 2 rings (SSSR count). The minimum atomic E-state index is -0.431. The molecule has 0 radical (unpaired) electrons. The van der Waals surface area contributed by atoms with Crippen LogP contribution in [0.25, 0.3) is 0 Å². The lowest BCUT2D eigenvalue weighted by atomic mass is 9.82. The van der Waals surface area contributed by atoms with Gasteiger partial charge in [-0.25, -0.2) is 4.79 Å². The summed E-state index contributed by atoms with van der Waals surface area (Å²) in [6, 6.07) is 9.11. The van der Waals surface area contributed by atoms with Gasteiger partial charge < -0.3 is 4.74 Å². The van der Waals surface area contributed by atoms with Crippen LogP contribution in [0.15, 0.2) is 30.3 Å². The summed E-state index contributed by atoms with van der Waals surface area (Å²) in [5.41, 5.74) is 0.166. The van der Waals surface area contributed by atoms with Crippen LogP contribution in [0.3, 0.4) is 0 Å². The first-order chi connectivity index (χ1) is 8.76. The molecule has 0 spiro atoms. The van der Waals surface area contributed by atoms with Gasteiger partial charge in [0.2, 0.25) is 0 Å². The van der Waals surface area contributed by atoms with Crippen molar-refractivity contribution in [2.24, 2.45) is 0 Å². The maximum Gasteiger partial charge on any atom is 0.338 e. The van der Waals surface area contributed by atoms with E-state index in [1.54, 1.807) is 12.1 Å². The number of benzene rings is 1. The van der Waals surface area contributed by atoms with Gasteiger partial charge in [0.15, 0.2) is 0 Å². The van der Waals surface area contributed by atoms with Crippen molar-refractivity contribution in [2.75, 3.05) is 0 Å². The van der Waals surface area contributed by atoms with Crippen molar-refractivity contribution in [2.45, 2.75) is 44.1 Å². The van der Waals surface area contributed by atoms with Crippen molar-refractivity contribution in [1.82, 2.24) is 0 Å². The highest BCUT2D eigenvalue weighted by Crippen LogP contribution is 2.35. The Hall–Kier alpha value is -1.75. The summed E-state index contributed by atoms with van der Waals surface area (Å²) in [5, 5.41) is 0. The molecule has 0 saturated heterocycles. The maximum absolute atomic E-state index is 12.1. The van der Waals surface area contributed by atoms with Crippen LogP contribution in [0.1, 0.15) is 48.9 Å². The van der Waals surface area contributed by atoms with Crippen LogP contribution in [0.4, 0.5) is 0 Å². The average Bonchev–Trinajstić information content (AvgIpc) is 2.41. The molecule has 94 valence electrons. The van der Waals surface area contributed by atoms with Gasteiger partial charge in [0, 0.05) is 6.42 Å². The predicted octanol–water partition coefficient (Wildman–Crippen LogP) is 3.57. The molecule has 0 aliphatic heterocycles. The highest BCUT2D eigenvalue weighted by atomic mass is 16.6. The van der Waals surface area contributed by atoms with Crippen LogP contribution in [0.5, 0.6) is 0 Å². The van der Waals surface area contributed by atoms with Gasteiger partial charge in [-0.2, -0.15) is 0 Å². The first kappa shape index (κ1) is 12.7. The molecule has 0 atom stereocenters. The van der Waals surface area contributed by atoms with Crippen molar-refractivity contribution in [3.8, 4) is 12.3 Å². The molecule has 0 N–H and O–H groups in total. The molecule has 1 aromatic carbocycles. The van der Waals surface area contributed by atoms with Crippen LogP contribution in [-0.4, -0.2) is 11.6 Å². The number of rotatable bonds is 3. The zero-order chi connectivity index (χ0) is 12.8. The molecule has 1 aliphatic rings. The van der Waals surface area contributed by atoms with Crippen LogP contribution < -0.4 is 0 Å². The van der Waals surface area contributed by atoms with E-state index in [1.807, 2.05) is 18.2 Å². The molecule has 1 aliphatic carbocycles. The molecule has 0 unspecified atom stereocenters. The Morgan fingerprint density at radius 2 is 1.89 bits per heavy atom. The second-order valence-electron chi connectivity index (χ2n) is 4.88. The molecule has 2 heteroatoms. The van der Waals surface area contributed by atoms with E-state index < -0.39 is 5.60 Å². The topological polar surface area (TPSA) is 26.3 Å². The molecule has 1 aromatic rings. The Bertz CT molecular complexity index is 436. The Kier molecular flexibility index (Phi) is 4.04. The number of ether oxygens (including phenoxy) is 1. The van der Waals surface area contributed by atoms with Crippen molar-refractivity contribution in [3.63, 3.8) is 0 Å². The Labute approximate surface area is 108 Å². The fraction of sp³-hybridized carbons (Fsp3) is 0.438. The Morgan fingerprint density at radius 3 is 2.50 bits per heavy atom. The molecule has 1 fully saturated rings. The highest BCUT2D eigenvalue weighted by molar-refractivity contribution is 5.89. The minimum Gasteiger partial charge on any atom is -0.454 e. The summed E-state index contributed by atoms with van der Waals surface area (Å²) in [6.07, 6.45) is 11.1. The van der Waals surface area contributed by atoms with E-state index in [0.717, 1.165) is 25.7 Å². The molecule has 0 bridgehead atoms. The quantitative estimate of drug-likeness (QED) is 0.598. The Morgan fingerprint density at radius 1 is 1.22 bits per heavy atom. The first-order valence-electron chi connectivity index (χ1n) is 6.48. The largest absolute Gasteiger partial charge is 0.454 e. The minimum absolute atomic E-state index is 0.257. The number of hydrogen-bond donors (Lipinski definition) is 0. The van der Waals surface area contributed by atoms with Crippen LogP contribution in [0, 0.1) is 12.3 Å². The van der Waals surface area contributed by atoms with E-state index in [2.05, 4.69) is 5.92 Å². The molecule has 0 heterocycles. The van der Waals surface area contributed by atoms with Gasteiger partial charge in [-0.15, -0.1) is 12.3 Å². The second-order valence-corrected chi connectivity index (χ2v) is 4.88. The molecule has 2 nitrogen and oxygen atoms in total. The summed E-state index contributed by atoms with van der Waals surface area (Å²) in [7, 11) is 0. The van der Waals surface area contributed by atoms with E-state index in [-0.39, 0.29) is 5.97 Å². The summed E-state index contributed by atoms with van der Waals surface area (Å²) in [4.78, 5) is 12.1. The fourth-order valence-electron chi connectivity index (χ4n) is 2.53. The molecular weight excluding hydrogens is 224 g/mol. The van der Waals surface area contributed by atoms with Crippen molar-refractivity contribution < 1.29 is 9.53 Å². The van der Waals surface area contributed by atoms with Crippen molar-refractivity contribution in [1.29, 1.82) is 0 Å². The van der Waals surface area contributed by atoms with Gasteiger partial charge in [0.1, 0.15) is 5.60 Å². The van der Waals surface area contributed by atoms with E-state index in [1.165, 1.54) is 6.42 Å². The number of terminal acetylenes is 1. The van der Waals surface area contributed by atoms with Gasteiger partial charge in [0.25, 0.3) is 0 Å². The Balaban J connectivity index is 2.10. The number of carbonyl (C=O) groups is 1. The fourth-order valence-corrected chi connectivity index (χ4v) is 2.53. The normalized spacial score (nSPS) is 17.7. The maximum atomic E-state index is 12.1. The van der Waals surface area contributed by atoms with Gasteiger partial charge in [0.05, 0.1) is 5.56 Å².